The van der Waals surface area contributed by atoms with Crippen LogP contribution in [0, 0.1) is 19.7 Å². The molecule has 0 saturated heterocycles. The topological polar surface area (TPSA) is 38.0 Å². The number of benzene rings is 1. The number of halogens is 1. The zero-order valence-corrected chi connectivity index (χ0v) is 10.8. The fourth-order valence-electron chi connectivity index (χ4n) is 1.91. The number of hydrogen-bond acceptors (Lipinski definition) is 3. The maximum absolute atomic E-state index is 13.9. The molecule has 0 spiro atoms. The molecule has 0 aliphatic heterocycles. The molecule has 0 radical (unpaired) electrons. The molecule has 0 saturated carbocycles. The maximum Gasteiger partial charge on any atom is 0.128 e. The second-order valence-electron chi connectivity index (χ2n) is 3.98. The van der Waals surface area contributed by atoms with E-state index in [1.54, 1.807) is 17.8 Å². The van der Waals surface area contributed by atoms with E-state index in [4.69, 9.17) is 5.84 Å². The molecule has 2 nitrogen and oxygen atoms in total. The Kier molecular flexibility index (Phi) is 5.25. The van der Waals surface area contributed by atoms with Crippen molar-refractivity contribution in [2.45, 2.75) is 26.3 Å². The van der Waals surface area contributed by atoms with Gasteiger partial charge in [-0.15, -0.1) is 0 Å². The van der Waals surface area contributed by atoms with Crippen molar-refractivity contribution >= 4 is 11.8 Å². The zero-order valence-electron chi connectivity index (χ0n) is 10.0. The van der Waals surface area contributed by atoms with Crippen molar-refractivity contribution in [3.05, 3.63) is 34.6 Å². The number of thioether (sulfide) groups is 1. The van der Waals surface area contributed by atoms with Gasteiger partial charge in [0.15, 0.2) is 0 Å². The summed E-state index contributed by atoms with van der Waals surface area (Å²) in [4.78, 5) is 0. The predicted molar refractivity (Wildman–Crippen MR) is 68.9 cm³/mol. The number of rotatable bonds is 5. The van der Waals surface area contributed by atoms with Crippen molar-refractivity contribution < 1.29 is 4.39 Å². The average molecular weight is 242 g/mol. The molecule has 90 valence electrons. The molecule has 0 fully saturated rings. The van der Waals surface area contributed by atoms with Crippen LogP contribution in [0.5, 0.6) is 0 Å². The van der Waals surface area contributed by atoms with E-state index in [2.05, 4.69) is 5.43 Å². The number of nitrogens with one attached hydrogen (secondary N) is 1. The van der Waals surface area contributed by atoms with Gasteiger partial charge >= 0.3 is 0 Å². The highest BCUT2D eigenvalue weighted by molar-refractivity contribution is 7.98. The first-order valence-electron chi connectivity index (χ1n) is 5.31. The van der Waals surface area contributed by atoms with Gasteiger partial charge in [0, 0.05) is 11.6 Å². The van der Waals surface area contributed by atoms with Crippen LogP contribution in [-0.2, 0) is 0 Å². The molecular formula is C12H19FN2S. The Bertz CT molecular complexity index is 332. The number of nitrogens with two attached hydrogens (primary N) is 1. The second-order valence-corrected chi connectivity index (χ2v) is 4.96. The first kappa shape index (κ1) is 13.5. The van der Waals surface area contributed by atoms with Crippen molar-refractivity contribution in [1.82, 2.24) is 5.43 Å². The zero-order chi connectivity index (χ0) is 12.1. The summed E-state index contributed by atoms with van der Waals surface area (Å²) in [6.45, 7) is 3.82. The van der Waals surface area contributed by atoms with E-state index in [9.17, 15) is 4.39 Å². The SMILES string of the molecule is CSCCC(NN)c1c(C)cc(C)cc1F. The van der Waals surface area contributed by atoms with Crippen LogP contribution in [-0.4, -0.2) is 12.0 Å². The number of aryl methyl sites for hydroxylation is 2. The third-order valence-corrected chi connectivity index (χ3v) is 3.28. The minimum Gasteiger partial charge on any atom is -0.271 e. The Hall–Kier alpha value is -0.580. The largest absolute Gasteiger partial charge is 0.271 e. The highest BCUT2D eigenvalue weighted by atomic mass is 32.2. The van der Waals surface area contributed by atoms with Gasteiger partial charge < -0.3 is 0 Å². The molecule has 1 aromatic rings. The van der Waals surface area contributed by atoms with Gasteiger partial charge in [0.1, 0.15) is 5.82 Å². The molecule has 0 aromatic heterocycles. The van der Waals surface area contributed by atoms with Gasteiger partial charge in [-0.1, -0.05) is 6.07 Å². The van der Waals surface area contributed by atoms with Crippen molar-refractivity contribution in [2.24, 2.45) is 5.84 Å². The summed E-state index contributed by atoms with van der Waals surface area (Å²) in [5, 5.41) is 0. The molecule has 1 unspecified atom stereocenters. The molecule has 1 atom stereocenters. The van der Waals surface area contributed by atoms with Crippen LogP contribution in [0.3, 0.4) is 0 Å². The van der Waals surface area contributed by atoms with Gasteiger partial charge in [0.05, 0.1) is 0 Å². The number of hydrogen-bond donors (Lipinski definition) is 2. The molecule has 0 aliphatic rings. The molecule has 0 bridgehead atoms. The van der Waals surface area contributed by atoms with Crippen LogP contribution in [0.2, 0.25) is 0 Å². The summed E-state index contributed by atoms with van der Waals surface area (Å²) < 4.78 is 13.9. The van der Waals surface area contributed by atoms with E-state index in [1.807, 2.05) is 26.2 Å². The van der Waals surface area contributed by atoms with Crippen molar-refractivity contribution in [2.75, 3.05) is 12.0 Å². The van der Waals surface area contributed by atoms with Crippen LogP contribution in [0.25, 0.3) is 0 Å². The fourth-order valence-corrected chi connectivity index (χ4v) is 2.39. The van der Waals surface area contributed by atoms with Gasteiger partial charge in [0.2, 0.25) is 0 Å². The Morgan fingerprint density at radius 2 is 2.12 bits per heavy atom. The Morgan fingerprint density at radius 3 is 2.62 bits per heavy atom. The molecule has 1 rings (SSSR count). The van der Waals surface area contributed by atoms with E-state index >= 15 is 0 Å². The molecule has 0 aliphatic carbocycles. The minimum atomic E-state index is -0.165. The van der Waals surface area contributed by atoms with E-state index < -0.39 is 0 Å². The number of hydrazine groups is 1. The molecular weight excluding hydrogens is 223 g/mol. The Labute approximate surface area is 101 Å². The van der Waals surface area contributed by atoms with Gasteiger partial charge in [-0.25, -0.2) is 4.39 Å². The van der Waals surface area contributed by atoms with Crippen LogP contribution < -0.4 is 11.3 Å². The quantitative estimate of drug-likeness (QED) is 0.616. The van der Waals surface area contributed by atoms with Crippen molar-refractivity contribution in [3.8, 4) is 0 Å². The molecule has 3 N–H and O–H groups in total. The lowest BCUT2D eigenvalue weighted by Gasteiger charge is -2.19. The summed E-state index contributed by atoms with van der Waals surface area (Å²) in [6.07, 6.45) is 2.87. The highest BCUT2D eigenvalue weighted by Gasteiger charge is 2.16. The summed E-state index contributed by atoms with van der Waals surface area (Å²) in [5.41, 5.74) is 5.30. The third kappa shape index (κ3) is 3.20. The summed E-state index contributed by atoms with van der Waals surface area (Å²) in [7, 11) is 0. The van der Waals surface area contributed by atoms with E-state index in [0.29, 0.717) is 5.56 Å². The Morgan fingerprint density at radius 1 is 1.44 bits per heavy atom. The molecule has 16 heavy (non-hydrogen) atoms. The lowest BCUT2D eigenvalue weighted by molar-refractivity contribution is 0.501. The monoisotopic (exact) mass is 242 g/mol. The molecule has 0 heterocycles. The molecule has 0 amide bonds. The van der Waals surface area contributed by atoms with Crippen molar-refractivity contribution in [3.63, 3.8) is 0 Å². The first-order valence-corrected chi connectivity index (χ1v) is 6.71. The Balaban J connectivity index is 2.99. The lowest BCUT2D eigenvalue weighted by Crippen LogP contribution is -2.29. The lowest BCUT2D eigenvalue weighted by atomic mass is 9.97. The minimum absolute atomic E-state index is 0.104. The van der Waals surface area contributed by atoms with E-state index in [0.717, 1.165) is 23.3 Å². The molecule has 4 heteroatoms. The summed E-state index contributed by atoms with van der Waals surface area (Å²) in [5.74, 6) is 6.29. The standard InChI is InChI=1S/C12H19FN2S/c1-8-6-9(2)12(10(13)7-8)11(15-14)4-5-16-3/h6-7,11,15H,4-5,14H2,1-3H3. The van der Waals surface area contributed by atoms with Gasteiger partial charge in [-0.2, -0.15) is 11.8 Å². The smallest absolute Gasteiger partial charge is 0.128 e. The van der Waals surface area contributed by atoms with E-state index in [-0.39, 0.29) is 11.9 Å². The van der Waals surface area contributed by atoms with Gasteiger partial charge in [-0.3, -0.25) is 11.3 Å². The first-order chi connectivity index (χ1) is 7.60. The summed E-state index contributed by atoms with van der Waals surface area (Å²) in [6, 6.07) is 3.45. The normalized spacial score (nSPS) is 12.8. The van der Waals surface area contributed by atoms with Crippen LogP contribution in [0.15, 0.2) is 12.1 Å². The van der Waals surface area contributed by atoms with Crippen molar-refractivity contribution in [1.29, 1.82) is 0 Å². The van der Waals surface area contributed by atoms with Gasteiger partial charge in [-0.05, 0) is 49.5 Å². The van der Waals surface area contributed by atoms with Crippen LogP contribution in [0.1, 0.15) is 29.2 Å². The van der Waals surface area contributed by atoms with Gasteiger partial charge in [0.25, 0.3) is 0 Å². The molecule has 1 aromatic carbocycles. The maximum atomic E-state index is 13.9. The predicted octanol–water partition coefficient (Wildman–Crippen LogP) is 2.70. The third-order valence-electron chi connectivity index (χ3n) is 2.64. The highest BCUT2D eigenvalue weighted by Crippen LogP contribution is 2.25. The van der Waals surface area contributed by atoms with Crippen LogP contribution in [0.4, 0.5) is 4.39 Å². The van der Waals surface area contributed by atoms with E-state index in [1.165, 1.54) is 0 Å². The summed E-state index contributed by atoms with van der Waals surface area (Å²) >= 11 is 1.74. The second kappa shape index (κ2) is 6.23. The fraction of sp³-hybridized carbons (Fsp3) is 0.500. The average Bonchev–Trinajstić information content (AvgIpc) is 2.21. The van der Waals surface area contributed by atoms with Crippen LogP contribution >= 0.6 is 11.8 Å².